The van der Waals surface area contributed by atoms with Crippen LogP contribution in [0.2, 0.25) is 0 Å². The third kappa shape index (κ3) is 6.43. The molecule has 2 amide bonds. The van der Waals surface area contributed by atoms with Gasteiger partial charge in [0.15, 0.2) is 18.1 Å². The van der Waals surface area contributed by atoms with Crippen LogP contribution in [0.3, 0.4) is 0 Å². The first-order valence-electron chi connectivity index (χ1n) is 10.6. The first-order valence-corrected chi connectivity index (χ1v) is 10.6. The van der Waals surface area contributed by atoms with E-state index in [-0.39, 0.29) is 31.4 Å². The van der Waals surface area contributed by atoms with Crippen molar-refractivity contribution in [1.82, 2.24) is 10.3 Å². The molecule has 8 heteroatoms. The van der Waals surface area contributed by atoms with Gasteiger partial charge in [-0.05, 0) is 42.7 Å². The molecule has 0 saturated heterocycles. The van der Waals surface area contributed by atoms with Crippen molar-refractivity contribution >= 4 is 23.6 Å². The van der Waals surface area contributed by atoms with E-state index in [4.69, 9.17) is 14.7 Å². The predicted octanol–water partition coefficient (Wildman–Crippen LogP) is 2.95. The first kappa shape index (κ1) is 23.5. The van der Waals surface area contributed by atoms with E-state index in [0.29, 0.717) is 29.3 Å². The smallest absolute Gasteiger partial charge is 0.275 e. The van der Waals surface area contributed by atoms with E-state index in [0.717, 1.165) is 17.5 Å². The molecule has 0 saturated carbocycles. The fourth-order valence-electron chi connectivity index (χ4n) is 3.29. The molecule has 0 atom stereocenters. The molecule has 1 aliphatic rings. The number of nitriles is 1. The molecule has 0 fully saturated rings. The number of carbonyl (C=O) groups excluding carboxylic acids is 2. The number of hydrogen-bond donors (Lipinski definition) is 1. The van der Waals surface area contributed by atoms with Gasteiger partial charge in [0.05, 0.1) is 37.4 Å². The second-order valence-corrected chi connectivity index (χ2v) is 7.36. The molecule has 170 valence electrons. The van der Waals surface area contributed by atoms with Crippen LogP contribution >= 0.6 is 0 Å². The fraction of sp³-hybridized carbons (Fsp3) is 0.280. The average molecular weight is 447 g/mol. The molecular weight excluding hydrogens is 420 g/mol. The van der Waals surface area contributed by atoms with Gasteiger partial charge in [0, 0.05) is 6.54 Å². The zero-order valence-electron chi connectivity index (χ0n) is 18.7. The maximum absolute atomic E-state index is 12.5. The van der Waals surface area contributed by atoms with E-state index < -0.39 is 0 Å². The van der Waals surface area contributed by atoms with Gasteiger partial charge in [-0.15, -0.1) is 0 Å². The Hall–Kier alpha value is -4.12. The summed E-state index contributed by atoms with van der Waals surface area (Å²) in [5.74, 6) is 0.411. The summed E-state index contributed by atoms with van der Waals surface area (Å²) in [7, 11) is 1.51. The second kappa shape index (κ2) is 11.5. The Bertz CT molecular complexity index is 1100. The van der Waals surface area contributed by atoms with Crippen molar-refractivity contribution in [3.05, 3.63) is 65.2 Å². The van der Waals surface area contributed by atoms with E-state index in [9.17, 15) is 9.59 Å². The van der Waals surface area contributed by atoms with Gasteiger partial charge in [0.25, 0.3) is 11.8 Å². The van der Waals surface area contributed by atoms with Gasteiger partial charge in [-0.1, -0.05) is 36.4 Å². The quantitative estimate of drug-likeness (QED) is 0.565. The van der Waals surface area contributed by atoms with E-state index >= 15 is 0 Å². The SMILES string of the molecule is COc1cc(/C=C2\C(=O)N(CCC#N)N=C2C)ccc1OCC(=O)NCCc1ccccc1. The zero-order valence-corrected chi connectivity index (χ0v) is 18.7. The van der Waals surface area contributed by atoms with Crippen LogP contribution in [0.5, 0.6) is 11.5 Å². The Balaban J connectivity index is 1.58. The third-order valence-electron chi connectivity index (χ3n) is 5.00. The molecule has 0 aliphatic carbocycles. The lowest BCUT2D eigenvalue weighted by Gasteiger charge is -2.12. The van der Waals surface area contributed by atoms with E-state index in [2.05, 4.69) is 10.4 Å². The predicted molar refractivity (Wildman–Crippen MR) is 125 cm³/mol. The number of benzene rings is 2. The Labute approximate surface area is 193 Å². The average Bonchev–Trinajstić information content (AvgIpc) is 3.09. The highest BCUT2D eigenvalue weighted by atomic mass is 16.5. The molecule has 8 nitrogen and oxygen atoms in total. The van der Waals surface area contributed by atoms with Gasteiger partial charge >= 0.3 is 0 Å². The van der Waals surface area contributed by atoms with Gasteiger partial charge < -0.3 is 14.8 Å². The Morgan fingerprint density at radius 1 is 1.21 bits per heavy atom. The Morgan fingerprint density at radius 2 is 2.00 bits per heavy atom. The van der Waals surface area contributed by atoms with E-state index in [1.54, 1.807) is 31.2 Å². The summed E-state index contributed by atoms with van der Waals surface area (Å²) in [4.78, 5) is 24.7. The largest absolute Gasteiger partial charge is 0.493 e. The molecule has 2 aromatic carbocycles. The molecule has 0 spiro atoms. The summed E-state index contributed by atoms with van der Waals surface area (Å²) < 4.78 is 11.0. The summed E-state index contributed by atoms with van der Waals surface area (Å²) in [5.41, 5.74) is 2.93. The van der Waals surface area contributed by atoms with Crippen LogP contribution < -0.4 is 14.8 Å². The van der Waals surface area contributed by atoms with Crippen molar-refractivity contribution in [2.24, 2.45) is 5.10 Å². The lowest BCUT2D eigenvalue weighted by Crippen LogP contribution is -2.30. The zero-order chi connectivity index (χ0) is 23.6. The molecule has 0 aromatic heterocycles. The standard InChI is InChI=1S/C25H26N4O4/c1-18-21(25(31)29(28-18)14-6-12-26)15-20-9-10-22(23(16-20)32-2)33-17-24(30)27-13-11-19-7-4-3-5-8-19/h3-5,7-10,15-16H,6,11,13-14,17H2,1-2H3,(H,27,30)/b21-15-. The summed E-state index contributed by atoms with van der Waals surface area (Å²) in [6.07, 6.45) is 2.68. The molecule has 3 rings (SSSR count). The maximum Gasteiger partial charge on any atom is 0.275 e. The molecule has 0 radical (unpaired) electrons. The van der Waals surface area contributed by atoms with Crippen LogP contribution in [0.15, 0.2) is 59.2 Å². The van der Waals surface area contributed by atoms with Gasteiger partial charge in [-0.25, -0.2) is 5.01 Å². The number of hydrazone groups is 1. The minimum atomic E-state index is -0.241. The summed E-state index contributed by atoms with van der Waals surface area (Å²) in [6, 6.07) is 17.1. The highest BCUT2D eigenvalue weighted by Crippen LogP contribution is 2.29. The number of hydrogen-bond acceptors (Lipinski definition) is 6. The second-order valence-electron chi connectivity index (χ2n) is 7.36. The number of nitrogens with zero attached hydrogens (tertiary/aromatic N) is 3. The molecule has 0 unspecified atom stereocenters. The molecule has 1 heterocycles. The van der Waals surface area contributed by atoms with Crippen molar-refractivity contribution < 1.29 is 19.1 Å². The van der Waals surface area contributed by atoms with Gasteiger partial charge in [0.1, 0.15) is 0 Å². The number of carbonyl (C=O) groups is 2. The summed E-state index contributed by atoms with van der Waals surface area (Å²) in [6.45, 7) is 2.40. The minimum absolute atomic E-state index is 0.135. The lowest BCUT2D eigenvalue weighted by atomic mass is 10.1. The normalized spacial score (nSPS) is 14.1. The van der Waals surface area contributed by atoms with Crippen molar-refractivity contribution in [3.63, 3.8) is 0 Å². The summed E-state index contributed by atoms with van der Waals surface area (Å²) >= 11 is 0. The summed E-state index contributed by atoms with van der Waals surface area (Å²) in [5, 5.41) is 17.1. The van der Waals surface area contributed by atoms with Crippen molar-refractivity contribution in [1.29, 1.82) is 5.26 Å². The molecule has 2 aromatic rings. The Morgan fingerprint density at radius 3 is 2.73 bits per heavy atom. The van der Waals surface area contributed by atoms with Crippen molar-refractivity contribution in [3.8, 4) is 17.6 Å². The van der Waals surface area contributed by atoms with Crippen molar-refractivity contribution in [2.45, 2.75) is 19.8 Å². The Kier molecular flexibility index (Phi) is 8.19. The fourth-order valence-corrected chi connectivity index (χ4v) is 3.29. The van der Waals surface area contributed by atoms with Crippen LogP contribution in [-0.4, -0.2) is 49.3 Å². The van der Waals surface area contributed by atoms with E-state index in [1.165, 1.54) is 12.1 Å². The molecule has 0 bridgehead atoms. The first-order chi connectivity index (χ1) is 16.0. The van der Waals surface area contributed by atoms with Crippen LogP contribution in [-0.2, 0) is 16.0 Å². The lowest BCUT2D eigenvalue weighted by molar-refractivity contribution is -0.125. The van der Waals surface area contributed by atoms with Crippen molar-refractivity contribution in [2.75, 3.05) is 26.8 Å². The highest BCUT2D eigenvalue weighted by Gasteiger charge is 2.27. The van der Waals surface area contributed by atoms with Gasteiger partial charge in [-0.2, -0.15) is 10.4 Å². The number of amides is 2. The number of nitrogens with one attached hydrogen (secondary N) is 1. The number of methoxy groups -OCH3 is 1. The van der Waals surface area contributed by atoms with Crippen LogP contribution in [0.4, 0.5) is 0 Å². The molecule has 33 heavy (non-hydrogen) atoms. The highest BCUT2D eigenvalue weighted by molar-refractivity contribution is 6.26. The van der Waals surface area contributed by atoms with Gasteiger partial charge in [0.2, 0.25) is 0 Å². The van der Waals surface area contributed by atoms with Gasteiger partial charge in [-0.3, -0.25) is 9.59 Å². The monoisotopic (exact) mass is 446 g/mol. The topological polar surface area (TPSA) is 104 Å². The molecule has 1 aliphatic heterocycles. The number of rotatable bonds is 10. The molecular formula is C25H26N4O4. The third-order valence-corrected chi connectivity index (χ3v) is 5.00. The maximum atomic E-state index is 12.5. The number of ether oxygens (including phenoxy) is 2. The van der Waals surface area contributed by atoms with E-state index in [1.807, 2.05) is 36.4 Å². The van der Waals surface area contributed by atoms with Crippen LogP contribution in [0.25, 0.3) is 6.08 Å². The molecule has 1 N–H and O–H groups in total. The van der Waals surface area contributed by atoms with Crippen LogP contribution in [0.1, 0.15) is 24.5 Å². The minimum Gasteiger partial charge on any atom is -0.493 e. The van der Waals surface area contributed by atoms with Crippen LogP contribution in [0, 0.1) is 11.3 Å².